The van der Waals surface area contributed by atoms with Crippen LogP contribution in [-0.2, 0) is 9.53 Å². The molecule has 0 bridgehead atoms. The fourth-order valence-electron chi connectivity index (χ4n) is 6.05. The third-order valence-corrected chi connectivity index (χ3v) is 6.87. The standard InChI is InChI=1S/C15H22O2/c1-12(2)8-15-10(12)4-6-13(15,3)11(16)5-7-14(15)9-17-14/h10H,4-9H2,1-3H3/t10-,13-,14-,15-/m0/s1. The molecule has 1 saturated heterocycles. The summed E-state index contributed by atoms with van der Waals surface area (Å²) in [4.78, 5) is 12.5. The normalized spacial score (nSPS) is 58.5. The molecule has 1 aliphatic heterocycles. The van der Waals surface area contributed by atoms with Crippen molar-refractivity contribution < 1.29 is 9.53 Å². The van der Waals surface area contributed by atoms with Crippen molar-refractivity contribution in [1.29, 1.82) is 0 Å². The van der Waals surface area contributed by atoms with Crippen LogP contribution in [0, 0.1) is 22.2 Å². The minimum absolute atomic E-state index is 0.0675. The fraction of sp³-hybridized carbons (Fsp3) is 0.933. The maximum Gasteiger partial charge on any atom is 0.139 e. The van der Waals surface area contributed by atoms with Crippen molar-refractivity contribution in [3.8, 4) is 0 Å². The predicted octanol–water partition coefficient (Wildman–Crippen LogP) is 2.95. The molecule has 2 spiro atoms. The first-order valence-electron chi connectivity index (χ1n) is 7.05. The third kappa shape index (κ3) is 0.845. The third-order valence-electron chi connectivity index (χ3n) is 6.87. The maximum absolute atomic E-state index is 12.5. The van der Waals surface area contributed by atoms with Gasteiger partial charge in [-0.05, 0) is 37.0 Å². The van der Waals surface area contributed by atoms with E-state index in [1.54, 1.807) is 0 Å². The van der Waals surface area contributed by atoms with E-state index in [9.17, 15) is 4.79 Å². The number of epoxide rings is 1. The van der Waals surface area contributed by atoms with E-state index >= 15 is 0 Å². The van der Waals surface area contributed by atoms with E-state index in [1.807, 2.05) is 0 Å². The minimum Gasteiger partial charge on any atom is -0.369 e. The van der Waals surface area contributed by atoms with Gasteiger partial charge in [-0.3, -0.25) is 4.79 Å². The van der Waals surface area contributed by atoms with E-state index in [-0.39, 0.29) is 16.4 Å². The highest BCUT2D eigenvalue weighted by Crippen LogP contribution is 2.82. The van der Waals surface area contributed by atoms with Gasteiger partial charge in [-0.2, -0.15) is 0 Å². The number of hydrogen-bond acceptors (Lipinski definition) is 2. The number of carbonyl (C=O) groups is 1. The van der Waals surface area contributed by atoms with E-state index in [2.05, 4.69) is 20.8 Å². The first-order chi connectivity index (χ1) is 7.88. The Bertz CT molecular complexity index is 421. The van der Waals surface area contributed by atoms with Gasteiger partial charge in [0, 0.05) is 17.3 Å². The summed E-state index contributed by atoms with van der Waals surface area (Å²) in [5, 5.41) is 0. The van der Waals surface area contributed by atoms with Crippen LogP contribution in [0.25, 0.3) is 0 Å². The second kappa shape index (κ2) is 2.49. The smallest absolute Gasteiger partial charge is 0.139 e. The highest BCUT2D eigenvalue weighted by Gasteiger charge is 2.83. The Balaban J connectivity index is 1.88. The molecule has 1 heterocycles. The molecule has 2 nitrogen and oxygen atoms in total. The Morgan fingerprint density at radius 3 is 2.53 bits per heavy atom. The monoisotopic (exact) mass is 234 g/mol. The second-order valence-corrected chi connectivity index (χ2v) is 7.77. The zero-order chi connectivity index (χ0) is 12.1. The van der Waals surface area contributed by atoms with Gasteiger partial charge < -0.3 is 4.74 Å². The largest absolute Gasteiger partial charge is 0.369 e. The Morgan fingerprint density at radius 2 is 1.94 bits per heavy atom. The van der Waals surface area contributed by atoms with Crippen LogP contribution >= 0.6 is 0 Å². The molecule has 17 heavy (non-hydrogen) atoms. The lowest BCUT2D eigenvalue weighted by molar-refractivity contribution is -0.203. The number of rotatable bonds is 0. The first-order valence-corrected chi connectivity index (χ1v) is 7.05. The van der Waals surface area contributed by atoms with Crippen LogP contribution in [0.2, 0.25) is 0 Å². The molecule has 4 atom stereocenters. The molecule has 0 aromatic rings. The van der Waals surface area contributed by atoms with E-state index in [0.29, 0.717) is 17.1 Å². The Hall–Kier alpha value is -0.370. The number of hydrogen-bond donors (Lipinski definition) is 0. The lowest BCUT2D eigenvalue weighted by Gasteiger charge is -2.66. The molecule has 0 N–H and O–H groups in total. The molecule has 3 saturated carbocycles. The minimum atomic E-state index is -0.0675. The molecule has 0 aromatic heterocycles. The summed E-state index contributed by atoms with van der Waals surface area (Å²) in [5.41, 5.74) is 0.668. The van der Waals surface area contributed by atoms with Gasteiger partial charge in [0.05, 0.1) is 12.2 Å². The van der Waals surface area contributed by atoms with Gasteiger partial charge in [-0.25, -0.2) is 0 Å². The molecular weight excluding hydrogens is 212 g/mol. The van der Waals surface area contributed by atoms with Crippen molar-refractivity contribution in [3.05, 3.63) is 0 Å². The van der Waals surface area contributed by atoms with Crippen LogP contribution < -0.4 is 0 Å². The molecule has 4 aliphatic rings. The van der Waals surface area contributed by atoms with Crippen molar-refractivity contribution in [2.75, 3.05) is 6.61 Å². The summed E-state index contributed by atoms with van der Waals surface area (Å²) < 4.78 is 5.93. The van der Waals surface area contributed by atoms with Crippen molar-refractivity contribution in [2.45, 2.75) is 58.5 Å². The SMILES string of the molecule is CC1(C)C[C@]23[C@H]1CC[C@@]2(C)C(=O)CC[C@]31CO1. The average molecular weight is 234 g/mol. The summed E-state index contributed by atoms with van der Waals surface area (Å²) in [6.07, 6.45) is 5.29. The highest BCUT2D eigenvalue weighted by atomic mass is 16.6. The molecule has 3 aliphatic carbocycles. The average Bonchev–Trinajstić information content (AvgIpc) is 2.96. The maximum atomic E-state index is 12.5. The summed E-state index contributed by atoms with van der Waals surface area (Å²) in [6, 6.07) is 0. The topological polar surface area (TPSA) is 29.6 Å². The van der Waals surface area contributed by atoms with Crippen LogP contribution in [0.3, 0.4) is 0 Å². The van der Waals surface area contributed by atoms with Crippen LogP contribution in [0.4, 0.5) is 0 Å². The number of carbonyl (C=O) groups excluding carboxylic acids is 1. The van der Waals surface area contributed by atoms with E-state index < -0.39 is 0 Å². The van der Waals surface area contributed by atoms with Crippen LogP contribution in [0.5, 0.6) is 0 Å². The van der Waals surface area contributed by atoms with Crippen molar-refractivity contribution in [2.24, 2.45) is 22.2 Å². The molecule has 0 radical (unpaired) electrons. The summed E-state index contributed by atoms with van der Waals surface area (Å²) in [6.45, 7) is 7.92. The zero-order valence-corrected chi connectivity index (χ0v) is 11.1. The molecular formula is C15H22O2. The summed E-state index contributed by atoms with van der Waals surface area (Å²) in [7, 11) is 0. The molecule has 4 rings (SSSR count). The Morgan fingerprint density at radius 1 is 1.24 bits per heavy atom. The van der Waals surface area contributed by atoms with Crippen molar-refractivity contribution in [1.82, 2.24) is 0 Å². The van der Waals surface area contributed by atoms with Gasteiger partial charge in [-0.15, -0.1) is 0 Å². The van der Waals surface area contributed by atoms with Crippen LogP contribution in [-0.4, -0.2) is 18.0 Å². The molecule has 94 valence electrons. The van der Waals surface area contributed by atoms with E-state index in [0.717, 1.165) is 25.9 Å². The van der Waals surface area contributed by atoms with Crippen molar-refractivity contribution in [3.63, 3.8) is 0 Å². The van der Waals surface area contributed by atoms with Crippen molar-refractivity contribution >= 4 is 5.78 Å². The van der Waals surface area contributed by atoms with Gasteiger partial charge in [0.25, 0.3) is 0 Å². The van der Waals surface area contributed by atoms with E-state index in [4.69, 9.17) is 4.74 Å². The Kier molecular flexibility index (Phi) is 1.55. The molecule has 0 amide bonds. The van der Waals surface area contributed by atoms with Gasteiger partial charge in [0.2, 0.25) is 0 Å². The van der Waals surface area contributed by atoms with Gasteiger partial charge >= 0.3 is 0 Å². The van der Waals surface area contributed by atoms with Gasteiger partial charge in [-0.1, -0.05) is 20.8 Å². The van der Waals surface area contributed by atoms with Crippen LogP contribution in [0.1, 0.15) is 52.9 Å². The summed E-state index contributed by atoms with van der Waals surface area (Å²) >= 11 is 0. The first kappa shape index (κ1) is 10.5. The lowest BCUT2D eigenvalue weighted by atomic mass is 9.36. The quantitative estimate of drug-likeness (QED) is 0.603. The molecule has 0 unspecified atom stereocenters. The van der Waals surface area contributed by atoms with E-state index in [1.165, 1.54) is 12.8 Å². The summed E-state index contributed by atoms with van der Waals surface area (Å²) in [5.74, 6) is 1.24. The number of ketones is 1. The second-order valence-electron chi connectivity index (χ2n) is 7.77. The highest BCUT2D eigenvalue weighted by molar-refractivity contribution is 5.88. The van der Waals surface area contributed by atoms with Gasteiger partial charge in [0.1, 0.15) is 5.78 Å². The molecule has 2 heteroatoms. The zero-order valence-electron chi connectivity index (χ0n) is 11.1. The number of ether oxygens (including phenoxy) is 1. The van der Waals surface area contributed by atoms with Crippen LogP contribution in [0.15, 0.2) is 0 Å². The Labute approximate surface area is 103 Å². The lowest BCUT2D eigenvalue weighted by Crippen LogP contribution is -2.67. The fourth-order valence-corrected chi connectivity index (χ4v) is 6.05. The van der Waals surface area contributed by atoms with Gasteiger partial charge in [0.15, 0.2) is 0 Å². The molecule has 4 fully saturated rings. The number of Topliss-reactive ketones (excluding diaryl/α,β-unsaturated/α-hetero) is 1. The predicted molar refractivity (Wildman–Crippen MR) is 64.6 cm³/mol. The molecule has 0 aromatic carbocycles.